The fraction of sp³-hybridized carbons (Fsp3) is 0.333. The van der Waals surface area contributed by atoms with Gasteiger partial charge in [-0.2, -0.15) is 0 Å². The Hall–Kier alpha value is -1.84. The van der Waals surface area contributed by atoms with Crippen molar-refractivity contribution in [3.05, 3.63) is 64.2 Å². The summed E-state index contributed by atoms with van der Waals surface area (Å²) < 4.78 is 5.49. The fourth-order valence-electron chi connectivity index (χ4n) is 2.53. The molecular formula is C18H24N2O. The summed E-state index contributed by atoms with van der Waals surface area (Å²) in [5.41, 5.74) is 9.06. The Kier molecular flexibility index (Phi) is 4.99. The molecule has 0 spiro atoms. The average molecular weight is 284 g/mol. The molecule has 0 aromatic heterocycles. The predicted molar refractivity (Wildman–Crippen MR) is 87.4 cm³/mol. The summed E-state index contributed by atoms with van der Waals surface area (Å²) in [7, 11) is 1.70. The van der Waals surface area contributed by atoms with Crippen molar-refractivity contribution in [2.75, 3.05) is 7.11 Å². The van der Waals surface area contributed by atoms with Gasteiger partial charge in [0.05, 0.1) is 13.2 Å². The third-order valence-electron chi connectivity index (χ3n) is 3.98. The molecule has 0 aliphatic heterocycles. The van der Waals surface area contributed by atoms with Crippen LogP contribution in [-0.2, 0) is 6.42 Å². The van der Waals surface area contributed by atoms with E-state index in [2.05, 4.69) is 56.5 Å². The van der Waals surface area contributed by atoms with Gasteiger partial charge in [0.2, 0.25) is 0 Å². The molecule has 21 heavy (non-hydrogen) atoms. The van der Waals surface area contributed by atoms with Crippen molar-refractivity contribution in [1.29, 1.82) is 0 Å². The molecule has 1 unspecified atom stereocenters. The Balaban J connectivity index is 2.29. The Bertz CT molecular complexity index is 623. The Morgan fingerprint density at radius 3 is 2.43 bits per heavy atom. The van der Waals surface area contributed by atoms with Crippen LogP contribution in [0.2, 0.25) is 0 Å². The first-order valence-electron chi connectivity index (χ1n) is 7.22. The number of nitrogens with two attached hydrogens (primary N) is 1. The molecule has 3 heteroatoms. The maximum Gasteiger partial charge on any atom is 0.123 e. The molecule has 0 heterocycles. The lowest BCUT2D eigenvalue weighted by atomic mass is 9.95. The molecule has 0 aliphatic carbocycles. The van der Waals surface area contributed by atoms with Crippen LogP contribution in [-0.4, -0.2) is 7.11 Å². The minimum atomic E-state index is 0.0302. The molecule has 112 valence electrons. The molecule has 2 aromatic rings. The summed E-state index contributed by atoms with van der Waals surface area (Å²) in [6.45, 7) is 6.32. The van der Waals surface area contributed by atoms with Gasteiger partial charge in [0.15, 0.2) is 0 Å². The molecule has 1 atom stereocenters. The van der Waals surface area contributed by atoms with E-state index in [4.69, 9.17) is 10.6 Å². The highest BCUT2D eigenvalue weighted by Crippen LogP contribution is 2.28. The number of nitrogens with one attached hydrogen (secondary N) is 1. The second-order valence-electron chi connectivity index (χ2n) is 5.59. The van der Waals surface area contributed by atoms with Crippen LogP contribution in [0.4, 0.5) is 0 Å². The third-order valence-corrected chi connectivity index (χ3v) is 3.98. The van der Waals surface area contributed by atoms with E-state index in [1.165, 1.54) is 22.3 Å². The van der Waals surface area contributed by atoms with E-state index in [1.54, 1.807) is 7.11 Å². The second-order valence-corrected chi connectivity index (χ2v) is 5.59. The molecule has 3 N–H and O–H groups in total. The summed E-state index contributed by atoms with van der Waals surface area (Å²) in [5.74, 6) is 6.65. The minimum absolute atomic E-state index is 0.0302. The molecule has 2 aromatic carbocycles. The molecule has 2 rings (SSSR count). The number of hydrogen-bond acceptors (Lipinski definition) is 3. The molecule has 0 saturated heterocycles. The molecule has 3 nitrogen and oxygen atoms in total. The first kappa shape index (κ1) is 15.5. The predicted octanol–water partition coefficient (Wildman–Crippen LogP) is 3.37. The van der Waals surface area contributed by atoms with Crippen LogP contribution < -0.4 is 16.0 Å². The first-order chi connectivity index (χ1) is 10.0. The van der Waals surface area contributed by atoms with Gasteiger partial charge in [-0.15, -0.1) is 0 Å². The lowest BCUT2D eigenvalue weighted by molar-refractivity contribution is 0.398. The van der Waals surface area contributed by atoms with Gasteiger partial charge in [-0.05, 0) is 55.5 Å². The lowest BCUT2D eigenvalue weighted by Gasteiger charge is -2.20. The Morgan fingerprint density at radius 1 is 1.05 bits per heavy atom. The van der Waals surface area contributed by atoms with Crippen LogP contribution in [0.25, 0.3) is 0 Å². The van der Waals surface area contributed by atoms with E-state index in [0.29, 0.717) is 0 Å². The van der Waals surface area contributed by atoms with Gasteiger partial charge in [0.25, 0.3) is 0 Å². The maximum absolute atomic E-state index is 5.78. The van der Waals surface area contributed by atoms with Crippen molar-refractivity contribution in [2.45, 2.75) is 33.2 Å². The fourth-order valence-corrected chi connectivity index (χ4v) is 2.53. The number of hydrazine groups is 1. The number of aryl methyl sites for hydroxylation is 3. The highest BCUT2D eigenvalue weighted by atomic mass is 16.5. The number of methoxy groups -OCH3 is 1. The van der Waals surface area contributed by atoms with Gasteiger partial charge in [-0.1, -0.05) is 30.3 Å². The Morgan fingerprint density at radius 2 is 1.81 bits per heavy atom. The van der Waals surface area contributed by atoms with E-state index in [-0.39, 0.29) is 6.04 Å². The molecule has 0 fully saturated rings. The summed E-state index contributed by atoms with van der Waals surface area (Å²) >= 11 is 0. The standard InChI is InChI=1S/C18H24N2O/c1-12-5-8-16(18(9-12)21-4)17(20-19)11-15-7-6-13(2)14(3)10-15/h5-10,17,20H,11,19H2,1-4H3. The third kappa shape index (κ3) is 3.63. The zero-order chi connectivity index (χ0) is 15.4. The largest absolute Gasteiger partial charge is 0.496 e. The number of ether oxygens (including phenoxy) is 1. The highest BCUT2D eigenvalue weighted by molar-refractivity contribution is 5.40. The van der Waals surface area contributed by atoms with Gasteiger partial charge in [0, 0.05) is 5.56 Å². The normalized spacial score (nSPS) is 12.2. The van der Waals surface area contributed by atoms with Crippen molar-refractivity contribution in [3.63, 3.8) is 0 Å². The van der Waals surface area contributed by atoms with Crippen molar-refractivity contribution < 1.29 is 4.74 Å². The molecule has 0 aliphatic rings. The van der Waals surface area contributed by atoms with Crippen molar-refractivity contribution >= 4 is 0 Å². The lowest BCUT2D eigenvalue weighted by Crippen LogP contribution is -2.30. The van der Waals surface area contributed by atoms with Crippen LogP contribution >= 0.6 is 0 Å². The van der Waals surface area contributed by atoms with E-state index in [9.17, 15) is 0 Å². The second kappa shape index (κ2) is 6.74. The van der Waals surface area contributed by atoms with Gasteiger partial charge in [-0.25, -0.2) is 0 Å². The number of benzene rings is 2. The van der Waals surface area contributed by atoms with Crippen LogP contribution in [0.1, 0.15) is 33.9 Å². The zero-order valence-electron chi connectivity index (χ0n) is 13.2. The highest BCUT2D eigenvalue weighted by Gasteiger charge is 2.15. The molecule has 0 saturated carbocycles. The summed E-state index contributed by atoms with van der Waals surface area (Å²) in [4.78, 5) is 0. The summed E-state index contributed by atoms with van der Waals surface area (Å²) in [6, 6.07) is 12.8. The van der Waals surface area contributed by atoms with Crippen molar-refractivity contribution in [3.8, 4) is 5.75 Å². The van der Waals surface area contributed by atoms with Crippen LogP contribution in [0.3, 0.4) is 0 Å². The smallest absolute Gasteiger partial charge is 0.123 e. The van der Waals surface area contributed by atoms with Crippen LogP contribution in [0, 0.1) is 20.8 Å². The van der Waals surface area contributed by atoms with Gasteiger partial charge < -0.3 is 4.74 Å². The zero-order valence-corrected chi connectivity index (χ0v) is 13.2. The summed E-state index contributed by atoms with van der Waals surface area (Å²) in [6.07, 6.45) is 0.830. The van der Waals surface area contributed by atoms with E-state index in [0.717, 1.165) is 17.7 Å². The van der Waals surface area contributed by atoms with E-state index >= 15 is 0 Å². The maximum atomic E-state index is 5.78. The number of rotatable bonds is 5. The quantitative estimate of drug-likeness (QED) is 0.653. The van der Waals surface area contributed by atoms with Crippen molar-refractivity contribution in [2.24, 2.45) is 5.84 Å². The van der Waals surface area contributed by atoms with E-state index in [1.807, 2.05) is 6.07 Å². The van der Waals surface area contributed by atoms with Gasteiger partial charge in [-0.3, -0.25) is 11.3 Å². The van der Waals surface area contributed by atoms with Gasteiger partial charge in [0.1, 0.15) is 5.75 Å². The minimum Gasteiger partial charge on any atom is -0.496 e. The van der Waals surface area contributed by atoms with Crippen molar-refractivity contribution in [1.82, 2.24) is 5.43 Å². The summed E-state index contributed by atoms with van der Waals surface area (Å²) in [5, 5.41) is 0. The SMILES string of the molecule is COc1cc(C)ccc1C(Cc1ccc(C)c(C)c1)NN. The molecular weight excluding hydrogens is 260 g/mol. The van der Waals surface area contributed by atoms with Gasteiger partial charge >= 0.3 is 0 Å². The molecule has 0 bridgehead atoms. The molecule has 0 amide bonds. The average Bonchev–Trinajstić information content (AvgIpc) is 2.48. The van der Waals surface area contributed by atoms with E-state index < -0.39 is 0 Å². The first-order valence-corrected chi connectivity index (χ1v) is 7.22. The number of hydrogen-bond donors (Lipinski definition) is 2. The topological polar surface area (TPSA) is 47.3 Å². The Labute approximate surface area is 127 Å². The van der Waals surface area contributed by atoms with Crippen LogP contribution in [0.5, 0.6) is 5.75 Å². The monoisotopic (exact) mass is 284 g/mol. The van der Waals surface area contributed by atoms with Crippen LogP contribution in [0.15, 0.2) is 36.4 Å². The molecule has 0 radical (unpaired) electrons.